The van der Waals surface area contributed by atoms with E-state index >= 15 is 0 Å². The molecule has 100 valence electrons. The maximum absolute atomic E-state index is 13.2. The van der Waals surface area contributed by atoms with Crippen LogP contribution in [0.3, 0.4) is 0 Å². The first-order valence-electron chi connectivity index (χ1n) is 6.06. The minimum Gasteiger partial charge on any atom is -0.399 e. The molecule has 20 heavy (non-hydrogen) atoms. The summed E-state index contributed by atoms with van der Waals surface area (Å²) >= 11 is 0. The molecule has 0 bridgehead atoms. The Labute approximate surface area is 114 Å². The summed E-state index contributed by atoms with van der Waals surface area (Å²) in [5, 5.41) is 11.7. The average Bonchev–Trinajstić information content (AvgIpc) is 2.88. The van der Waals surface area contributed by atoms with E-state index in [1.807, 2.05) is 19.1 Å². The van der Waals surface area contributed by atoms with E-state index in [2.05, 4.69) is 15.5 Å². The lowest BCUT2D eigenvalue weighted by Gasteiger charge is -2.08. The topological polar surface area (TPSA) is 69.6 Å². The summed E-state index contributed by atoms with van der Waals surface area (Å²) in [5.74, 6) is 0.299. The van der Waals surface area contributed by atoms with Gasteiger partial charge in [-0.05, 0) is 65.4 Å². The Hall–Kier alpha value is -2.76. The fraction of sp³-hybridized carbons (Fsp3) is 0.0714. The number of rotatable bonds is 2. The van der Waals surface area contributed by atoms with E-state index < -0.39 is 0 Å². The lowest BCUT2D eigenvalue weighted by molar-refractivity contribution is 0.625. The van der Waals surface area contributed by atoms with Gasteiger partial charge in [0, 0.05) is 11.3 Å². The van der Waals surface area contributed by atoms with E-state index in [1.54, 1.807) is 22.9 Å². The highest BCUT2D eigenvalue weighted by molar-refractivity contribution is 5.60. The van der Waals surface area contributed by atoms with Crippen molar-refractivity contribution in [1.29, 1.82) is 0 Å². The maximum Gasteiger partial charge on any atom is 0.187 e. The molecule has 0 aliphatic carbocycles. The molecule has 3 aromatic rings. The van der Waals surface area contributed by atoms with Gasteiger partial charge in [-0.2, -0.15) is 4.68 Å². The van der Waals surface area contributed by atoms with Gasteiger partial charge in [-0.25, -0.2) is 4.39 Å². The first-order chi connectivity index (χ1) is 9.65. The summed E-state index contributed by atoms with van der Waals surface area (Å²) in [7, 11) is 0. The normalized spacial score (nSPS) is 10.7. The molecule has 0 fully saturated rings. The fourth-order valence-electron chi connectivity index (χ4n) is 2.02. The Morgan fingerprint density at radius 2 is 1.85 bits per heavy atom. The van der Waals surface area contributed by atoms with Gasteiger partial charge in [0.15, 0.2) is 5.82 Å². The number of nitrogens with zero attached hydrogens (tertiary/aromatic N) is 4. The molecule has 6 heteroatoms. The number of benzene rings is 2. The standard InChI is InChI=1S/C14H12FN5/c1-9-8-11(15)4-7-13(9)20-14(17-18-19-20)10-2-5-12(16)6-3-10/h2-8H,16H2,1H3. The van der Waals surface area contributed by atoms with Crippen LogP contribution in [0.4, 0.5) is 10.1 Å². The van der Waals surface area contributed by atoms with Crippen LogP contribution in [0.2, 0.25) is 0 Å². The summed E-state index contributed by atoms with van der Waals surface area (Å²) in [5.41, 5.74) is 8.68. The minimum absolute atomic E-state index is 0.284. The number of halogens is 1. The summed E-state index contributed by atoms with van der Waals surface area (Å²) in [4.78, 5) is 0. The molecule has 5 nitrogen and oxygen atoms in total. The van der Waals surface area contributed by atoms with Crippen molar-refractivity contribution in [3.8, 4) is 17.1 Å². The SMILES string of the molecule is Cc1cc(F)ccc1-n1nnnc1-c1ccc(N)cc1. The molecular formula is C14H12FN5. The number of aromatic nitrogens is 4. The molecule has 0 saturated heterocycles. The second-order valence-corrected chi connectivity index (χ2v) is 4.47. The highest BCUT2D eigenvalue weighted by Gasteiger charge is 2.12. The molecule has 0 aliphatic rings. The van der Waals surface area contributed by atoms with Crippen molar-refractivity contribution in [2.24, 2.45) is 0 Å². The van der Waals surface area contributed by atoms with Gasteiger partial charge in [-0.3, -0.25) is 0 Å². The first kappa shape index (κ1) is 12.3. The van der Waals surface area contributed by atoms with Gasteiger partial charge in [0.1, 0.15) is 5.82 Å². The van der Waals surface area contributed by atoms with Gasteiger partial charge < -0.3 is 5.73 Å². The maximum atomic E-state index is 13.2. The number of nitrogens with two attached hydrogens (primary N) is 1. The van der Waals surface area contributed by atoms with E-state index in [-0.39, 0.29) is 5.82 Å². The van der Waals surface area contributed by atoms with Crippen LogP contribution in [-0.2, 0) is 0 Å². The molecule has 2 N–H and O–H groups in total. The van der Waals surface area contributed by atoms with Gasteiger partial charge in [0.05, 0.1) is 5.69 Å². The fourth-order valence-corrected chi connectivity index (χ4v) is 2.02. The number of anilines is 1. The highest BCUT2D eigenvalue weighted by Crippen LogP contribution is 2.22. The Morgan fingerprint density at radius 3 is 2.55 bits per heavy atom. The van der Waals surface area contributed by atoms with Gasteiger partial charge in [0.2, 0.25) is 0 Å². The van der Waals surface area contributed by atoms with Crippen molar-refractivity contribution in [3.05, 3.63) is 53.8 Å². The van der Waals surface area contributed by atoms with E-state index in [0.29, 0.717) is 11.5 Å². The Balaban J connectivity index is 2.12. The summed E-state index contributed by atoms with van der Waals surface area (Å²) < 4.78 is 14.8. The zero-order chi connectivity index (χ0) is 14.1. The molecule has 0 spiro atoms. The third kappa shape index (κ3) is 2.11. The van der Waals surface area contributed by atoms with Gasteiger partial charge in [-0.1, -0.05) is 0 Å². The lowest BCUT2D eigenvalue weighted by Crippen LogP contribution is -2.02. The predicted octanol–water partition coefficient (Wildman–Crippen LogP) is 2.36. The second kappa shape index (κ2) is 4.73. The Morgan fingerprint density at radius 1 is 1.10 bits per heavy atom. The van der Waals surface area contributed by atoms with Gasteiger partial charge in [0.25, 0.3) is 0 Å². The summed E-state index contributed by atoms with van der Waals surface area (Å²) in [6.07, 6.45) is 0. The van der Waals surface area contributed by atoms with Crippen molar-refractivity contribution < 1.29 is 4.39 Å². The molecule has 0 saturated carbocycles. The molecule has 0 radical (unpaired) electrons. The molecule has 0 unspecified atom stereocenters. The molecule has 1 aromatic heterocycles. The zero-order valence-corrected chi connectivity index (χ0v) is 10.8. The molecule has 0 atom stereocenters. The van der Waals surface area contributed by atoms with E-state index in [1.165, 1.54) is 12.1 Å². The van der Waals surface area contributed by atoms with Crippen molar-refractivity contribution in [2.45, 2.75) is 6.92 Å². The van der Waals surface area contributed by atoms with Crippen LogP contribution >= 0.6 is 0 Å². The van der Waals surface area contributed by atoms with Crippen LogP contribution in [0.5, 0.6) is 0 Å². The quantitative estimate of drug-likeness (QED) is 0.725. The average molecular weight is 269 g/mol. The first-order valence-corrected chi connectivity index (χ1v) is 6.06. The van der Waals surface area contributed by atoms with Crippen LogP contribution in [0.25, 0.3) is 17.1 Å². The van der Waals surface area contributed by atoms with E-state index in [9.17, 15) is 4.39 Å². The van der Waals surface area contributed by atoms with Crippen molar-refractivity contribution in [1.82, 2.24) is 20.2 Å². The largest absolute Gasteiger partial charge is 0.399 e. The molecule has 0 aliphatic heterocycles. The van der Waals surface area contributed by atoms with Crippen molar-refractivity contribution >= 4 is 5.69 Å². The van der Waals surface area contributed by atoms with Crippen molar-refractivity contribution in [3.63, 3.8) is 0 Å². The van der Waals surface area contributed by atoms with E-state index in [0.717, 1.165) is 16.8 Å². The zero-order valence-electron chi connectivity index (χ0n) is 10.8. The predicted molar refractivity (Wildman–Crippen MR) is 73.7 cm³/mol. The molecule has 0 amide bonds. The minimum atomic E-state index is -0.284. The Bertz CT molecular complexity index is 749. The number of aryl methyl sites for hydroxylation is 1. The van der Waals surface area contributed by atoms with Crippen LogP contribution in [0, 0.1) is 12.7 Å². The molecule has 1 heterocycles. The second-order valence-electron chi connectivity index (χ2n) is 4.47. The van der Waals surface area contributed by atoms with Crippen molar-refractivity contribution in [2.75, 3.05) is 5.73 Å². The highest BCUT2D eigenvalue weighted by atomic mass is 19.1. The smallest absolute Gasteiger partial charge is 0.187 e. The number of tetrazole rings is 1. The van der Waals surface area contributed by atoms with Crippen LogP contribution in [-0.4, -0.2) is 20.2 Å². The monoisotopic (exact) mass is 269 g/mol. The number of nitrogen functional groups attached to an aromatic ring is 1. The lowest BCUT2D eigenvalue weighted by atomic mass is 10.1. The van der Waals surface area contributed by atoms with Crippen LogP contribution < -0.4 is 5.73 Å². The van der Waals surface area contributed by atoms with E-state index in [4.69, 9.17) is 5.73 Å². The van der Waals surface area contributed by atoms with Crippen LogP contribution in [0.15, 0.2) is 42.5 Å². The third-order valence-electron chi connectivity index (χ3n) is 3.03. The number of hydrogen-bond donors (Lipinski definition) is 1. The summed E-state index contributed by atoms with van der Waals surface area (Å²) in [6.45, 7) is 1.81. The van der Waals surface area contributed by atoms with Gasteiger partial charge >= 0.3 is 0 Å². The third-order valence-corrected chi connectivity index (χ3v) is 3.03. The van der Waals surface area contributed by atoms with Gasteiger partial charge in [-0.15, -0.1) is 5.10 Å². The molecule has 3 rings (SSSR count). The number of hydrogen-bond acceptors (Lipinski definition) is 4. The van der Waals surface area contributed by atoms with Crippen LogP contribution in [0.1, 0.15) is 5.56 Å². The molecule has 2 aromatic carbocycles. The summed E-state index contributed by atoms with van der Waals surface area (Å²) in [6, 6.07) is 11.7. The Kier molecular flexibility index (Phi) is 2.90. The molecular weight excluding hydrogens is 257 g/mol.